The second kappa shape index (κ2) is 6.05. The topological polar surface area (TPSA) is 59.3 Å². The Morgan fingerprint density at radius 1 is 1.22 bits per heavy atom. The van der Waals surface area contributed by atoms with Gasteiger partial charge in [-0.3, -0.25) is 4.79 Å². The monoisotopic (exact) mass is 366 g/mol. The third-order valence-corrected chi connectivity index (χ3v) is 7.56. The number of aromatic nitrogens is 3. The van der Waals surface area contributed by atoms with Crippen LogP contribution in [0.25, 0.3) is 5.65 Å². The lowest BCUT2D eigenvalue weighted by atomic mass is 9.47. The molecule has 1 amide bonds. The first-order valence-corrected chi connectivity index (χ1v) is 10.6. The van der Waals surface area contributed by atoms with Gasteiger partial charge in [0.1, 0.15) is 5.56 Å². The van der Waals surface area contributed by atoms with Crippen LogP contribution in [0.3, 0.4) is 0 Å². The molecule has 0 radical (unpaired) electrons. The molecule has 4 bridgehead atoms. The van der Waals surface area contributed by atoms with Crippen molar-refractivity contribution < 1.29 is 4.79 Å². The fraction of sp³-hybridized carbons (Fsp3) is 0.682. The Balaban J connectivity index is 1.43. The number of nitrogens with zero attached hydrogens (tertiary/aromatic N) is 3. The number of fused-ring (bicyclic) bond motifs is 1. The van der Waals surface area contributed by atoms with Crippen LogP contribution < -0.4 is 5.32 Å². The number of hydrogen-bond donors (Lipinski definition) is 1. The van der Waals surface area contributed by atoms with Crippen LogP contribution in [-0.4, -0.2) is 26.5 Å². The van der Waals surface area contributed by atoms with Crippen molar-refractivity contribution in [1.29, 1.82) is 0 Å². The van der Waals surface area contributed by atoms with Gasteiger partial charge in [0, 0.05) is 17.4 Å². The quantitative estimate of drug-likeness (QED) is 0.887. The van der Waals surface area contributed by atoms with Gasteiger partial charge in [0.15, 0.2) is 5.65 Å². The van der Waals surface area contributed by atoms with Crippen molar-refractivity contribution in [2.24, 2.45) is 23.2 Å². The molecule has 5 heteroatoms. The Kier molecular flexibility index (Phi) is 3.85. The van der Waals surface area contributed by atoms with Crippen LogP contribution in [0.15, 0.2) is 12.3 Å². The molecule has 0 spiro atoms. The molecule has 4 saturated carbocycles. The number of carbonyl (C=O) groups is 1. The number of hydrogen-bond acceptors (Lipinski definition) is 3. The third kappa shape index (κ3) is 2.69. The van der Waals surface area contributed by atoms with Crippen LogP contribution >= 0.6 is 0 Å². The van der Waals surface area contributed by atoms with Crippen LogP contribution in [-0.2, 0) is 0 Å². The smallest absolute Gasteiger partial charge is 0.257 e. The average Bonchev–Trinajstić information content (AvgIpc) is 3.02. The molecule has 1 N–H and O–H groups in total. The number of carbonyl (C=O) groups excluding carboxylic acids is 1. The minimum Gasteiger partial charge on any atom is -0.349 e. The van der Waals surface area contributed by atoms with E-state index in [9.17, 15) is 4.79 Å². The summed E-state index contributed by atoms with van der Waals surface area (Å²) in [5, 5.41) is 7.82. The molecule has 27 heavy (non-hydrogen) atoms. The van der Waals surface area contributed by atoms with Crippen molar-refractivity contribution in [1.82, 2.24) is 19.9 Å². The highest BCUT2D eigenvalue weighted by Gasteiger charge is 2.54. The van der Waals surface area contributed by atoms with Gasteiger partial charge in [0.2, 0.25) is 0 Å². The van der Waals surface area contributed by atoms with Gasteiger partial charge < -0.3 is 5.32 Å². The SMILES string of the molecule is CCC(NC(=O)c1cnn2c(C)cc(C)nc12)C12CC3CC(CC(C3)C1)C2. The predicted molar refractivity (Wildman–Crippen MR) is 105 cm³/mol. The summed E-state index contributed by atoms with van der Waals surface area (Å²) in [7, 11) is 0. The van der Waals surface area contributed by atoms with Crippen LogP contribution in [0, 0.1) is 37.0 Å². The zero-order valence-electron chi connectivity index (χ0n) is 16.7. The lowest BCUT2D eigenvalue weighted by molar-refractivity contribution is -0.0727. The summed E-state index contributed by atoms with van der Waals surface area (Å²) < 4.78 is 1.77. The minimum atomic E-state index is -0.00917. The Labute approximate surface area is 160 Å². The summed E-state index contributed by atoms with van der Waals surface area (Å²) >= 11 is 0. The molecule has 4 aliphatic carbocycles. The largest absolute Gasteiger partial charge is 0.349 e. The van der Waals surface area contributed by atoms with Crippen molar-refractivity contribution in [3.8, 4) is 0 Å². The van der Waals surface area contributed by atoms with Gasteiger partial charge in [-0.05, 0) is 88.0 Å². The Hall–Kier alpha value is -1.91. The standard InChI is InChI=1S/C22H30N4O/c1-4-19(22-9-15-6-16(10-22)8-17(7-15)11-22)25-21(27)18-12-23-26-14(3)5-13(2)24-20(18)26/h5,12,15-17,19H,4,6-11H2,1-3H3,(H,25,27). The van der Waals surface area contributed by atoms with E-state index in [-0.39, 0.29) is 11.9 Å². The molecule has 144 valence electrons. The molecule has 2 aromatic rings. The molecule has 0 aliphatic heterocycles. The lowest BCUT2D eigenvalue weighted by Gasteiger charge is -2.59. The van der Waals surface area contributed by atoms with Crippen molar-refractivity contribution in [2.45, 2.75) is 71.8 Å². The molecule has 6 rings (SSSR count). The number of rotatable bonds is 4. The molecule has 4 aliphatic rings. The number of amides is 1. The van der Waals surface area contributed by atoms with E-state index in [1.165, 1.54) is 38.5 Å². The fourth-order valence-electron chi connectivity index (χ4n) is 6.96. The van der Waals surface area contributed by atoms with Crippen LogP contribution in [0.4, 0.5) is 0 Å². The first-order valence-electron chi connectivity index (χ1n) is 10.6. The predicted octanol–water partition coefficient (Wildman–Crippen LogP) is 4.07. The summed E-state index contributed by atoms with van der Waals surface area (Å²) in [6.07, 6.45) is 10.9. The molecule has 0 aromatic carbocycles. The molecular formula is C22H30N4O. The van der Waals surface area contributed by atoms with Crippen molar-refractivity contribution in [3.05, 3.63) is 29.2 Å². The molecule has 4 fully saturated rings. The van der Waals surface area contributed by atoms with Crippen LogP contribution in [0.2, 0.25) is 0 Å². The van der Waals surface area contributed by atoms with E-state index in [2.05, 4.69) is 22.3 Å². The highest BCUT2D eigenvalue weighted by Crippen LogP contribution is 2.61. The van der Waals surface area contributed by atoms with Crippen molar-refractivity contribution >= 4 is 11.6 Å². The lowest BCUT2D eigenvalue weighted by Crippen LogP contribution is -2.56. The second-order valence-corrected chi connectivity index (χ2v) is 9.55. The van der Waals surface area contributed by atoms with E-state index in [0.29, 0.717) is 16.6 Å². The maximum absolute atomic E-state index is 13.2. The molecule has 1 atom stereocenters. The molecule has 5 nitrogen and oxygen atoms in total. The highest BCUT2D eigenvalue weighted by atomic mass is 16.1. The van der Waals surface area contributed by atoms with Gasteiger partial charge in [0.05, 0.1) is 6.20 Å². The minimum absolute atomic E-state index is 0.00917. The number of aryl methyl sites for hydroxylation is 2. The van der Waals surface area contributed by atoms with E-state index in [1.807, 2.05) is 19.9 Å². The van der Waals surface area contributed by atoms with E-state index < -0.39 is 0 Å². The van der Waals surface area contributed by atoms with E-state index in [4.69, 9.17) is 0 Å². The zero-order chi connectivity index (χ0) is 18.8. The Morgan fingerprint density at radius 2 is 1.85 bits per heavy atom. The highest BCUT2D eigenvalue weighted by molar-refractivity contribution is 5.99. The molecule has 1 unspecified atom stereocenters. The van der Waals surface area contributed by atoms with Gasteiger partial charge in [-0.2, -0.15) is 5.10 Å². The van der Waals surface area contributed by atoms with Crippen LogP contribution in [0.1, 0.15) is 73.6 Å². The molecule has 2 heterocycles. The summed E-state index contributed by atoms with van der Waals surface area (Å²) in [6, 6.07) is 2.26. The molecule has 0 saturated heterocycles. The average molecular weight is 367 g/mol. The van der Waals surface area contributed by atoms with Gasteiger partial charge in [-0.25, -0.2) is 9.50 Å². The van der Waals surface area contributed by atoms with Gasteiger partial charge in [-0.15, -0.1) is 0 Å². The summed E-state index contributed by atoms with van der Waals surface area (Å²) in [6.45, 7) is 6.19. The normalized spacial score (nSPS) is 32.8. The third-order valence-electron chi connectivity index (χ3n) is 7.56. The van der Waals surface area contributed by atoms with E-state index in [1.54, 1.807) is 10.7 Å². The van der Waals surface area contributed by atoms with E-state index >= 15 is 0 Å². The van der Waals surface area contributed by atoms with Gasteiger partial charge in [0.25, 0.3) is 5.91 Å². The first-order chi connectivity index (χ1) is 13.0. The second-order valence-electron chi connectivity index (χ2n) is 9.55. The Morgan fingerprint density at radius 3 is 2.44 bits per heavy atom. The summed E-state index contributed by atoms with van der Waals surface area (Å²) in [4.78, 5) is 17.8. The Bertz CT molecular complexity index is 864. The number of nitrogens with one attached hydrogen (secondary N) is 1. The summed E-state index contributed by atoms with van der Waals surface area (Å²) in [5.74, 6) is 2.67. The maximum Gasteiger partial charge on any atom is 0.257 e. The van der Waals surface area contributed by atoms with Crippen molar-refractivity contribution in [3.63, 3.8) is 0 Å². The zero-order valence-corrected chi connectivity index (χ0v) is 16.7. The van der Waals surface area contributed by atoms with E-state index in [0.717, 1.165) is 35.6 Å². The molecular weight excluding hydrogens is 336 g/mol. The first kappa shape index (κ1) is 17.2. The maximum atomic E-state index is 13.2. The van der Waals surface area contributed by atoms with Crippen molar-refractivity contribution in [2.75, 3.05) is 0 Å². The van der Waals surface area contributed by atoms with Gasteiger partial charge in [-0.1, -0.05) is 6.92 Å². The summed E-state index contributed by atoms with van der Waals surface area (Å²) in [5.41, 5.74) is 3.52. The van der Waals surface area contributed by atoms with Gasteiger partial charge >= 0.3 is 0 Å². The fourth-order valence-corrected chi connectivity index (χ4v) is 6.96. The molecule has 2 aromatic heterocycles. The van der Waals surface area contributed by atoms with Crippen LogP contribution in [0.5, 0.6) is 0 Å².